The molecule has 6 heteroatoms. The van der Waals surface area contributed by atoms with Gasteiger partial charge >= 0.3 is 0 Å². The Hall–Kier alpha value is -2.24. The molecule has 0 saturated carbocycles. The molecule has 6 nitrogen and oxygen atoms in total. The average molecular weight is 295 g/mol. The van der Waals surface area contributed by atoms with E-state index < -0.39 is 23.0 Å². The van der Waals surface area contributed by atoms with Gasteiger partial charge in [0.25, 0.3) is 5.56 Å². The topological polar surface area (TPSA) is 88.6 Å². The van der Waals surface area contributed by atoms with Crippen molar-refractivity contribution >= 4 is 5.78 Å². The zero-order valence-electron chi connectivity index (χ0n) is 12.7. The third kappa shape index (κ3) is 3.45. The predicted molar refractivity (Wildman–Crippen MR) is 79.3 cm³/mol. The highest BCUT2D eigenvalue weighted by atomic mass is 16.5. The molecule has 0 bridgehead atoms. The van der Waals surface area contributed by atoms with Crippen LogP contribution in [0.15, 0.2) is 17.4 Å². The van der Waals surface area contributed by atoms with Crippen molar-refractivity contribution in [3.05, 3.63) is 28.6 Å². The number of H-pyrrole nitrogens is 1. The number of ketones is 1. The molecule has 0 radical (unpaired) electrons. The van der Waals surface area contributed by atoms with E-state index in [4.69, 9.17) is 9.47 Å². The van der Waals surface area contributed by atoms with Gasteiger partial charge in [-0.25, -0.2) is 0 Å². The fourth-order valence-electron chi connectivity index (χ4n) is 2.12. The molecule has 2 atom stereocenters. The van der Waals surface area contributed by atoms with E-state index in [-0.39, 0.29) is 23.1 Å². The molecule has 0 aliphatic heterocycles. The monoisotopic (exact) mass is 295 g/mol. The molecule has 1 heterocycles. The maximum atomic E-state index is 12.4. The number of methoxy groups -OCH3 is 2. The fraction of sp³-hybridized carbons (Fsp3) is 0.467. The minimum absolute atomic E-state index is 0.0244. The lowest BCUT2D eigenvalue weighted by Crippen LogP contribution is -2.24. The number of hydrogen-bond donors (Lipinski definition) is 2. The van der Waals surface area contributed by atoms with Gasteiger partial charge in [0.2, 0.25) is 11.6 Å². The van der Waals surface area contributed by atoms with Crippen molar-refractivity contribution in [2.45, 2.75) is 20.3 Å². The molecule has 0 saturated heterocycles. The highest BCUT2D eigenvalue weighted by Gasteiger charge is 2.27. The SMILES string of the molecule is C=C[C@H](C)C[C@H](C)C(=O)c1c(O)c(OC)c(OC)[nH]c1=O. The largest absolute Gasteiger partial charge is 0.503 e. The van der Waals surface area contributed by atoms with Crippen molar-refractivity contribution in [3.8, 4) is 17.4 Å². The highest BCUT2D eigenvalue weighted by Crippen LogP contribution is 2.36. The van der Waals surface area contributed by atoms with Gasteiger partial charge in [0.15, 0.2) is 11.5 Å². The molecule has 0 aliphatic rings. The minimum atomic E-state index is -0.701. The first kappa shape index (κ1) is 16.8. The Labute approximate surface area is 123 Å². The highest BCUT2D eigenvalue weighted by molar-refractivity contribution is 6.00. The van der Waals surface area contributed by atoms with Crippen molar-refractivity contribution in [1.82, 2.24) is 4.98 Å². The summed E-state index contributed by atoms with van der Waals surface area (Å²) < 4.78 is 9.89. The standard InChI is InChI=1S/C15H21NO5/c1-6-8(2)7-9(3)11(17)10-12(18)13(20-4)15(21-5)16-14(10)19/h6,8-9H,1,7H2,2-5H3,(H2,16,18,19)/t8-,9-/m0/s1. The minimum Gasteiger partial charge on any atom is -0.503 e. The number of aromatic nitrogens is 1. The van der Waals surface area contributed by atoms with Crippen LogP contribution < -0.4 is 15.0 Å². The lowest BCUT2D eigenvalue weighted by atomic mass is 9.90. The van der Waals surface area contributed by atoms with Crippen LogP contribution >= 0.6 is 0 Å². The third-order valence-electron chi connectivity index (χ3n) is 3.34. The number of allylic oxidation sites excluding steroid dienone is 1. The van der Waals surface area contributed by atoms with Crippen molar-refractivity contribution in [2.75, 3.05) is 14.2 Å². The van der Waals surface area contributed by atoms with Crippen molar-refractivity contribution < 1.29 is 19.4 Å². The quantitative estimate of drug-likeness (QED) is 0.594. The number of ether oxygens (including phenoxy) is 2. The van der Waals surface area contributed by atoms with Gasteiger partial charge in [-0.05, 0) is 12.3 Å². The van der Waals surface area contributed by atoms with E-state index in [0.717, 1.165) is 0 Å². The number of carbonyl (C=O) groups is 1. The number of hydrogen-bond acceptors (Lipinski definition) is 5. The number of pyridine rings is 1. The Morgan fingerprint density at radius 2 is 2.00 bits per heavy atom. The van der Waals surface area contributed by atoms with Crippen LogP contribution in [0.4, 0.5) is 0 Å². The molecule has 21 heavy (non-hydrogen) atoms. The summed E-state index contributed by atoms with van der Waals surface area (Å²) in [7, 11) is 2.64. The van der Waals surface area contributed by atoms with Gasteiger partial charge in [-0.15, -0.1) is 6.58 Å². The summed E-state index contributed by atoms with van der Waals surface area (Å²) in [6, 6.07) is 0. The molecule has 0 spiro atoms. The summed E-state index contributed by atoms with van der Waals surface area (Å²) in [5.41, 5.74) is -1.01. The van der Waals surface area contributed by atoms with Crippen LogP contribution in [0, 0.1) is 11.8 Å². The Balaban J connectivity index is 3.27. The van der Waals surface area contributed by atoms with E-state index in [9.17, 15) is 14.7 Å². The first-order valence-electron chi connectivity index (χ1n) is 6.61. The van der Waals surface area contributed by atoms with Crippen molar-refractivity contribution in [3.63, 3.8) is 0 Å². The van der Waals surface area contributed by atoms with Crippen LogP contribution in [0.5, 0.6) is 17.4 Å². The summed E-state index contributed by atoms with van der Waals surface area (Å²) >= 11 is 0. The predicted octanol–water partition coefficient (Wildman–Crippen LogP) is 2.13. The zero-order valence-corrected chi connectivity index (χ0v) is 12.7. The second kappa shape index (κ2) is 6.97. The van der Waals surface area contributed by atoms with Gasteiger partial charge in [0.05, 0.1) is 14.2 Å². The first-order valence-corrected chi connectivity index (χ1v) is 6.61. The van der Waals surface area contributed by atoms with Crippen molar-refractivity contribution in [2.24, 2.45) is 11.8 Å². The maximum Gasteiger partial charge on any atom is 0.265 e. The van der Waals surface area contributed by atoms with Crippen molar-refractivity contribution in [1.29, 1.82) is 0 Å². The van der Waals surface area contributed by atoms with Gasteiger partial charge in [-0.3, -0.25) is 14.6 Å². The molecule has 0 aliphatic carbocycles. The number of carbonyl (C=O) groups excluding carboxylic acids is 1. The van der Waals surface area contributed by atoms with Gasteiger partial charge in [0, 0.05) is 5.92 Å². The summed E-state index contributed by atoms with van der Waals surface area (Å²) in [4.78, 5) is 26.8. The second-order valence-electron chi connectivity index (χ2n) is 4.96. The first-order chi connectivity index (χ1) is 9.87. The van der Waals surface area contributed by atoms with Gasteiger partial charge in [0.1, 0.15) is 5.56 Å². The molecule has 1 aromatic heterocycles. The Morgan fingerprint density at radius 1 is 1.38 bits per heavy atom. The van der Waals surface area contributed by atoms with Crippen LogP contribution in [-0.2, 0) is 0 Å². The number of aromatic amines is 1. The van der Waals surface area contributed by atoms with E-state index in [0.29, 0.717) is 6.42 Å². The average Bonchev–Trinajstić information content (AvgIpc) is 2.46. The van der Waals surface area contributed by atoms with Gasteiger partial charge in [-0.2, -0.15) is 0 Å². The van der Waals surface area contributed by atoms with E-state index in [2.05, 4.69) is 11.6 Å². The molecule has 0 unspecified atom stereocenters. The lowest BCUT2D eigenvalue weighted by molar-refractivity contribution is 0.0912. The van der Waals surface area contributed by atoms with Crippen LogP contribution in [0.1, 0.15) is 30.6 Å². The van der Waals surface area contributed by atoms with E-state index in [1.54, 1.807) is 13.0 Å². The van der Waals surface area contributed by atoms with E-state index in [1.807, 2.05) is 6.92 Å². The van der Waals surface area contributed by atoms with Crippen LogP contribution in [0.2, 0.25) is 0 Å². The summed E-state index contributed by atoms with van der Waals surface area (Å²) in [5, 5.41) is 10.1. The third-order valence-corrected chi connectivity index (χ3v) is 3.34. The summed E-state index contributed by atoms with van der Waals surface area (Å²) in [5.74, 6) is -1.33. The molecular weight excluding hydrogens is 274 g/mol. The van der Waals surface area contributed by atoms with Crippen LogP contribution in [0.25, 0.3) is 0 Å². The number of aromatic hydroxyl groups is 1. The molecule has 0 fully saturated rings. The van der Waals surface area contributed by atoms with E-state index in [1.165, 1.54) is 14.2 Å². The molecule has 2 N–H and O–H groups in total. The molecule has 116 valence electrons. The Bertz CT molecular complexity index is 590. The molecule has 0 amide bonds. The van der Waals surface area contributed by atoms with Crippen LogP contribution in [-0.4, -0.2) is 30.1 Å². The smallest absolute Gasteiger partial charge is 0.265 e. The normalized spacial score (nSPS) is 13.3. The summed E-state index contributed by atoms with van der Waals surface area (Å²) in [6.45, 7) is 7.30. The van der Waals surface area contributed by atoms with Gasteiger partial charge in [-0.1, -0.05) is 19.9 Å². The Morgan fingerprint density at radius 3 is 2.48 bits per heavy atom. The number of nitrogens with one attached hydrogen (secondary N) is 1. The lowest BCUT2D eigenvalue weighted by Gasteiger charge is -2.15. The molecule has 0 aromatic carbocycles. The number of rotatable bonds is 7. The maximum absolute atomic E-state index is 12.4. The summed E-state index contributed by atoms with van der Waals surface area (Å²) in [6.07, 6.45) is 2.28. The van der Waals surface area contributed by atoms with Crippen LogP contribution in [0.3, 0.4) is 0 Å². The van der Waals surface area contributed by atoms with Gasteiger partial charge < -0.3 is 14.6 Å². The zero-order chi connectivity index (χ0) is 16.2. The second-order valence-corrected chi connectivity index (χ2v) is 4.96. The molecule has 1 aromatic rings. The molecule has 1 rings (SSSR count). The molecular formula is C15H21NO5. The fourth-order valence-corrected chi connectivity index (χ4v) is 2.12. The van der Waals surface area contributed by atoms with E-state index >= 15 is 0 Å². The Kier molecular flexibility index (Phi) is 5.58. The number of Topliss-reactive ketones (excluding diaryl/α,β-unsaturated/α-hetero) is 1.